The molecule has 1 aliphatic rings. The maximum atomic E-state index is 13.6. The number of hydrogen-bond donors (Lipinski definition) is 1. The molecule has 2 aromatic heterocycles. The number of H-pyrrole nitrogens is 1. The van der Waals surface area contributed by atoms with Crippen molar-refractivity contribution in [2.45, 2.75) is 5.92 Å². The molecule has 0 spiro atoms. The van der Waals surface area contributed by atoms with Crippen LogP contribution < -0.4 is 4.74 Å². The second-order valence-electron chi connectivity index (χ2n) is 6.86. The Morgan fingerprint density at radius 1 is 1.03 bits per heavy atom. The Morgan fingerprint density at radius 2 is 1.86 bits per heavy atom. The summed E-state index contributed by atoms with van der Waals surface area (Å²) in [6.07, 6.45) is 0. The Balaban J connectivity index is 1.74. The van der Waals surface area contributed by atoms with Gasteiger partial charge < -0.3 is 4.74 Å². The molecular formula is C21H12FN5OS. The fourth-order valence-corrected chi connectivity index (χ4v) is 4.20. The highest BCUT2D eigenvalue weighted by Crippen LogP contribution is 2.50. The first kappa shape index (κ1) is 16.3. The van der Waals surface area contributed by atoms with Gasteiger partial charge in [-0.2, -0.15) is 14.7 Å². The molecule has 0 bridgehead atoms. The third-order valence-electron chi connectivity index (χ3n) is 5.27. The molecule has 1 aliphatic heterocycles. The minimum absolute atomic E-state index is 0.262. The van der Waals surface area contributed by atoms with Crippen molar-refractivity contribution in [1.82, 2.24) is 25.0 Å². The van der Waals surface area contributed by atoms with Crippen LogP contribution in [0.15, 0.2) is 60.7 Å². The normalized spacial score (nSPS) is 15.1. The van der Waals surface area contributed by atoms with E-state index in [1.165, 1.54) is 12.1 Å². The molecule has 29 heavy (non-hydrogen) atoms. The number of fused-ring (bicyclic) bond motifs is 6. The zero-order chi connectivity index (χ0) is 19.5. The average Bonchev–Trinajstić information content (AvgIpc) is 3.24. The molecule has 1 N–H and O–H groups in total. The lowest BCUT2D eigenvalue weighted by molar-refractivity contribution is 0.436. The number of aromatic nitrogens is 5. The monoisotopic (exact) mass is 401 g/mol. The lowest BCUT2D eigenvalue weighted by Gasteiger charge is -2.28. The summed E-state index contributed by atoms with van der Waals surface area (Å²) in [5, 5.41) is 12.9. The van der Waals surface area contributed by atoms with Crippen LogP contribution >= 0.6 is 12.2 Å². The summed E-state index contributed by atoms with van der Waals surface area (Å²) in [6.45, 7) is 0. The molecule has 140 valence electrons. The van der Waals surface area contributed by atoms with Gasteiger partial charge in [0.1, 0.15) is 11.6 Å². The van der Waals surface area contributed by atoms with E-state index in [0.717, 1.165) is 33.2 Å². The van der Waals surface area contributed by atoms with E-state index in [2.05, 4.69) is 26.6 Å². The van der Waals surface area contributed by atoms with Gasteiger partial charge in [-0.15, -0.1) is 5.10 Å². The number of ether oxygens (including phenoxy) is 1. The molecule has 6 rings (SSSR count). The van der Waals surface area contributed by atoms with Crippen molar-refractivity contribution in [1.29, 1.82) is 0 Å². The number of rotatable bonds is 1. The highest BCUT2D eigenvalue weighted by Gasteiger charge is 2.34. The van der Waals surface area contributed by atoms with Crippen LogP contribution in [0.4, 0.5) is 4.39 Å². The van der Waals surface area contributed by atoms with Gasteiger partial charge in [0, 0.05) is 16.9 Å². The van der Waals surface area contributed by atoms with E-state index in [9.17, 15) is 4.39 Å². The summed E-state index contributed by atoms with van der Waals surface area (Å²) in [5.41, 5.74) is 3.12. The fraction of sp³-hybridized carbons (Fsp3) is 0.0476. The third kappa shape index (κ3) is 2.32. The first-order valence-corrected chi connectivity index (χ1v) is 9.40. The molecule has 1 atom stereocenters. The van der Waals surface area contributed by atoms with E-state index in [-0.39, 0.29) is 16.5 Å². The lowest BCUT2D eigenvalue weighted by Crippen LogP contribution is -2.16. The first-order valence-electron chi connectivity index (χ1n) is 8.99. The molecule has 0 saturated heterocycles. The van der Waals surface area contributed by atoms with Crippen LogP contribution in [0.1, 0.15) is 22.6 Å². The molecule has 5 aromatic rings. The minimum Gasteiger partial charge on any atom is -0.437 e. The third-order valence-corrected chi connectivity index (χ3v) is 5.55. The summed E-state index contributed by atoms with van der Waals surface area (Å²) >= 11 is 5.37. The first-order chi connectivity index (χ1) is 14.2. The summed E-state index contributed by atoms with van der Waals surface area (Å²) in [5.74, 6) is 0.559. The Kier molecular flexibility index (Phi) is 3.33. The molecule has 0 saturated carbocycles. The van der Waals surface area contributed by atoms with Crippen molar-refractivity contribution in [3.05, 3.63) is 87.9 Å². The Bertz CT molecular complexity index is 1470. The maximum Gasteiger partial charge on any atom is 0.230 e. The summed E-state index contributed by atoms with van der Waals surface area (Å²) < 4.78 is 21.7. The largest absolute Gasteiger partial charge is 0.437 e. The van der Waals surface area contributed by atoms with Crippen molar-refractivity contribution in [3.63, 3.8) is 0 Å². The van der Waals surface area contributed by atoms with E-state index in [1.807, 2.05) is 30.3 Å². The van der Waals surface area contributed by atoms with Gasteiger partial charge >= 0.3 is 0 Å². The van der Waals surface area contributed by atoms with Crippen molar-refractivity contribution in [2.24, 2.45) is 0 Å². The lowest BCUT2D eigenvalue weighted by atomic mass is 9.83. The molecule has 0 radical (unpaired) electrons. The van der Waals surface area contributed by atoms with Gasteiger partial charge in [0.05, 0.1) is 5.56 Å². The summed E-state index contributed by atoms with van der Waals surface area (Å²) in [6, 6.07) is 18.5. The van der Waals surface area contributed by atoms with Gasteiger partial charge in [0.25, 0.3) is 0 Å². The Hall–Kier alpha value is -3.65. The van der Waals surface area contributed by atoms with E-state index >= 15 is 0 Å². The molecule has 0 fully saturated rings. The second kappa shape index (κ2) is 5.92. The molecule has 8 heteroatoms. The van der Waals surface area contributed by atoms with Crippen LogP contribution in [-0.4, -0.2) is 25.0 Å². The van der Waals surface area contributed by atoms with E-state index in [1.54, 1.807) is 16.6 Å². The predicted molar refractivity (Wildman–Crippen MR) is 107 cm³/mol. The zero-order valence-corrected chi connectivity index (χ0v) is 15.7. The van der Waals surface area contributed by atoms with Crippen LogP contribution in [0.3, 0.4) is 0 Å². The predicted octanol–water partition coefficient (Wildman–Crippen LogP) is 4.76. The standard InChI is InChI=1S/C21H12FN5OS/c22-13-8-5-12(6-9-13)16-15-10-7-11-3-1-2-4-14(11)18(15)28-20-17(16)19-24-25-26-27(19)21(29)23-20/h1-10,16H,(H,24,26). The van der Waals surface area contributed by atoms with E-state index in [4.69, 9.17) is 17.0 Å². The number of tetrazole rings is 1. The number of hydrogen-bond acceptors (Lipinski definition) is 5. The quantitative estimate of drug-likeness (QED) is 0.402. The summed E-state index contributed by atoms with van der Waals surface area (Å²) in [7, 11) is 0. The smallest absolute Gasteiger partial charge is 0.230 e. The van der Waals surface area contributed by atoms with Crippen LogP contribution in [0, 0.1) is 10.6 Å². The molecule has 3 heterocycles. The van der Waals surface area contributed by atoms with Crippen LogP contribution in [-0.2, 0) is 0 Å². The van der Waals surface area contributed by atoms with Crippen LogP contribution in [0.5, 0.6) is 11.6 Å². The van der Waals surface area contributed by atoms with Gasteiger partial charge in [-0.05, 0) is 35.3 Å². The summed E-state index contributed by atoms with van der Waals surface area (Å²) in [4.78, 5) is 4.48. The highest BCUT2D eigenvalue weighted by molar-refractivity contribution is 7.71. The topological polar surface area (TPSA) is 68.1 Å². The number of halogens is 1. The fourth-order valence-electron chi connectivity index (χ4n) is 3.99. The molecule has 1 unspecified atom stereocenters. The van der Waals surface area contributed by atoms with Crippen molar-refractivity contribution >= 4 is 28.6 Å². The Morgan fingerprint density at radius 3 is 2.72 bits per heavy atom. The van der Waals surface area contributed by atoms with Crippen LogP contribution in [0.25, 0.3) is 16.4 Å². The van der Waals surface area contributed by atoms with E-state index < -0.39 is 0 Å². The molecule has 6 nitrogen and oxygen atoms in total. The average molecular weight is 401 g/mol. The number of benzene rings is 3. The van der Waals surface area contributed by atoms with Crippen LogP contribution in [0.2, 0.25) is 0 Å². The second-order valence-corrected chi connectivity index (χ2v) is 7.23. The number of nitrogens with one attached hydrogen (secondary N) is 1. The van der Waals surface area contributed by atoms with Crippen molar-refractivity contribution in [2.75, 3.05) is 0 Å². The van der Waals surface area contributed by atoms with E-state index in [0.29, 0.717) is 11.5 Å². The van der Waals surface area contributed by atoms with Gasteiger partial charge in [-0.25, -0.2) is 4.39 Å². The van der Waals surface area contributed by atoms with Gasteiger partial charge in [-0.1, -0.05) is 53.7 Å². The minimum atomic E-state index is -0.292. The maximum absolute atomic E-state index is 13.6. The number of aromatic amines is 1. The molecule has 3 aromatic carbocycles. The molecule has 0 aliphatic carbocycles. The SMILES string of the molecule is Fc1ccc(C2c3ccc4ccccc4c3Oc3nc(=S)n4[nH]nnc4c32)cc1. The number of nitrogens with zero attached hydrogens (tertiary/aromatic N) is 4. The van der Waals surface area contributed by atoms with Crippen molar-refractivity contribution < 1.29 is 9.13 Å². The highest BCUT2D eigenvalue weighted by atomic mass is 32.1. The van der Waals surface area contributed by atoms with Gasteiger partial charge in [0.15, 0.2) is 5.65 Å². The molecule has 0 amide bonds. The van der Waals surface area contributed by atoms with Gasteiger partial charge in [0.2, 0.25) is 10.7 Å². The zero-order valence-electron chi connectivity index (χ0n) is 14.8. The van der Waals surface area contributed by atoms with Gasteiger partial charge in [-0.3, -0.25) is 0 Å². The Labute approximate surface area is 168 Å². The van der Waals surface area contributed by atoms with Crippen molar-refractivity contribution in [3.8, 4) is 11.6 Å². The molecular weight excluding hydrogens is 389 g/mol.